The number of ether oxygens (including phenoxy) is 2. The van der Waals surface area contributed by atoms with Crippen molar-refractivity contribution < 1.29 is 14.3 Å². The Hall–Kier alpha value is -3.55. The summed E-state index contributed by atoms with van der Waals surface area (Å²) in [6.45, 7) is 7.80. The molecule has 2 fully saturated rings. The van der Waals surface area contributed by atoms with E-state index in [0.29, 0.717) is 13.1 Å². The zero-order valence-electron chi connectivity index (χ0n) is 21.6. The standard InChI is InChI=1S/C30H36N4O3/c1-36-29-7-3-5-26(19-29)22-34(21-24-8-10-27(11-9-24)33-14-16-37-17-15-33)28-6-2-4-25(18-28)20-32-13-12-31-30(35)23-32/h2-11,18-19H,12-17,20-23H2,1H3,(H,31,35). The van der Waals surface area contributed by atoms with E-state index in [1.54, 1.807) is 7.11 Å². The molecule has 2 aliphatic rings. The number of hydrogen-bond acceptors (Lipinski definition) is 6. The smallest absolute Gasteiger partial charge is 0.234 e. The number of piperazine rings is 1. The van der Waals surface area contributed by atoms with Gasteiger partial charge in [-0.3, -0.25) is 9.69 Å². The molecule has 2 saturated heterocycles. The highest BCUT2D eigenvalue weighted by Gasteiger charge is 2.17. The van der Waals surface area contributed by atoms with Crippen LogP contribution in [0.2, 0.25) is 0 Å². The molecule has 7 nitrogen and oxygen atoms in total. The summed E-state index contributed by atoms with van der Waals surface area (Å²) in [7, 11) is 1.71. The Labute approximate surface area is 219 Å². The highest BCUT2D eigenvalue weighted by Crippen LogP contribution is 2.25. The van der Waals surface area contributed by atoms with Gasteiger partial charge in [0, 0.05) is 57.2 Å². The molecule has 1 amide bonds. The van der Waals surface area contributed by atoms with E-state index in [1.165, 1.54) is 28.1 Å². The highest BCUT2D eigenvalue weighted by molar-refractivity contribution is 5.78. The van der Waals surface area contributed by atoms with Crippen LogP contribution in [0.15, 0.2) is 72.8 Å². The van der Waals surface area contributed by atoms with Crippen LogP contribution in [0, 0.1) is 0 Å². The largest absolute Gasteiger partial charge is 0.497 e. The lowest BCUT2D eigenvalue weighted by atomic mass is 10.1. The van der Waals surface area contributed by atoms with E-state index >= 15 is 0 Å². The summed E-state index contributed by atoms with van der Waals surface area (Å²) < 4.78 is 11.0. The molecule has 0 spiro atoms. The second-order valence-corrected chi connectivity index (χ2v) is 9.70. The van der Waals surface area contributed by atoms with Crippen LogP contribution in [-0.4, -0.2) is 63.9 Å². The minimum absolute atomic E-state index is 0.0996. The number of hydrogen-bond donors (Lipinski definition) is 1. The number of carbonyl (C=O) groups excluding carboxylic acids is 1. The number of nitrogens with zero attached hydrogens (tertiary/aromatic N) is 3. The first-order valence-corrected chi connectivity index (χ1v) is 13.0. The minimum atomic E-state index is 0.0996. The van der Waals surface area contributed by atoms with Crippen molar-refractivity contribution in [3.8, 4) is 5.75 Å². The van der Waals surface area contributed by atoms with Gasteiger partial charge in [-0.2, -0.15) is 0 Å². The van der Waals surface area contributed by atoms with Crippen molar-refractivity contribution in [3.63, 3.8) is 0 Å². The number of morpholine rings is 1. The lowest BCUT2D eigenvalue weighted by Gasteiger charge is -2.30. The van der Waals surface area contributed by atoms with Gasteiger partial charge in [0.15, 0.2) is 0 Å². The third-order valence-corrected chi connectivity index (χ3v) is 6.99. The van der Waals surface area contributed by atoms with E-state index < -0.39 is 0 Å². The maximum Gasteiger partial charge on any atom is 0.234 e. The van der Waals surface area contributed by atoms with Crippen LogP contribution in [-0.2, 0) is 29.2 Å². The van der Waals surface area contributed by atoms with Gasteiger partial charge in [-0.1, -0.05) is 36.4 Å². The van der Waals surface area contributed by atoms with Gasteiger partial charge in [0.2, 0.25) is 5.91 Å². The Morgan fingerprint density at radius 3 is 2.43 bits per heavy atom. The summed E-state index contributed by atoms with van der Waals surface area (Å²) in [6.07, 6.45) is 0. The molecule has 2 aliphatic heterocycles. The Kier molecular flexibility index (Phi) is 8.23. The molecular formula is C30H36N4O3. The van der Waals surface area contributed by atoms with Crippen LogP contribution >= 0.6 is 0 Å². The van der Waals surface area contributed by atoms with Gasteiger partial charge in [-0.15, -0.1) is 0 Å². The van der Waals surface area contributed by atoms with Crippen LogP contribution < -0.4 is 19.9 Å². The van der Waals surface area contributed by atoms with E-state index in [9.17, 15) is 4.79 Å². The average Bonchev–Trinajstić information content (AvgIpc) is 2.94. The van der Waals surface area contributed by atoms with Crippen molar-refractivity contribution in [3.05, 3.63) is 89.5 Å². The number of nitrogens with one attached hydrogen (secondary N) is 1. The fourth-order valence-corrected chi connectivity index (χ4v) is 5.02. The van der Waals surface area contributed by atoms with E-state index in [-0.39, 0.29) is 5.91 Å². The topological polar surface area (TPSA) is 57.3 Å². The van der Waals surface area contributed by atoms with Crippen LogP contribution in [0.5, 0.6) is 5.75 Å². The Morgan fingerprint density at radius 2 is 1.65 bits per heavy atom. The third kappa shape index (κ3) is 6.81. The zero-order valence-corrected chi connectivity index (χ0v) is 21.6. The van der Waals surface area contributed by atoms with Crippen molar-refractivity contribution in [2.45, 2.75) is 19.6 Å². The van der Waals surface area contributed by atoms with Crippen LogP contribution in [0.3, 0.4) is 0 Å². The van der Waals surface area contributed by atoms with Gasteiger partial charge in [-0.05, 0) is 53.1 Å². The van der Waals surface area contributed by atoms with Crippen LogP contribution in [0.25, 0.3) is 0 Å². The maximum absolute atomic E-state index is 11.8. The molecule has 37 heavy (non-hydrogen) atoms. The van der Waals surface area contributed by atoms with Gasteiger partial charge in [0.1, 0.15) is 5.75 Å². The molecule has 7 heteroatoms. The lowest BCUT2D eigenvalue weighted by molar-refractivity contribution is -0.124. The van der Waals surface area contributed by atoms with E-state index in [4.69, 9.17) is 9.47 Å². The maximum atomic E-state index is 11.8. The SMILES string of the molecule is COc1cccc(CN(Cc2ccc(N3CCOCC3)cc2)c2cccc(CN3CCNC(=O)C3)c2)c1. The number of carbonyl (C=O) groups is 1. The molecule has 0 aliphatic carbocycles. The molecule has 5 rings (SSSR count). The van der Waals surface area contributed by atoms with Crippen molar-refractivity contribution >= 4 is 17.3 Å². The minimum Gasteiger partial charge on any atom is -0.497 e. The van der Waals surface area contributed by atoms with E-state index in [1.807, 2.05) is 12.1 Å². The first-order chi connectivity index (χ1) is 18.2. The summed E-state index contributed by atoms with van der Waals surface area (Å²) in [5.41, 5.74) is 6.09. The Morgan fingerprint density at radius 1 is 0.892 bits per heavy atom. The second-order valence-electron chi connectivity index (χ2n) is 9.70. The quantitative estimate of drug-likeness (QED) is 0.484. The molecule has 0 unspecified atom stereocenters. The monoisotopic (exact) mass is 500 g/mol. The normalized spacial score (nSPS) is 16.4. The number of amides is 1. The van der Waals surface area contributed by atoms with Gasteiger partial charge < -0.3 is 24.6 Å². The molecule has 0 aromatic heterocycles. The molecule has 0 saturated carbocycles. The third-order valence-electron chi connectivity index (χ3n) is 6.99. The summed E-state index contributed by atoms with van der Waals surface area (Å²) in [5.74, 6) is 0.965. The number of methoxy groups -OCH3 is 1. The molecule has 0 radical (unpaired) electrons. The van der Waals surface area contributed by atoms with Crippen molar-refractivity contribution in [2.24, 2.45) is 0 Å². The Balaban J connectivity index is 1.36. The average molecular weight is 501 g/mol. The van der Waals surface area contributed by atoms with Gasteiger partial charge in [0.25, 0.3) is 0 Å². The van der Waals surface area contributed by atoms with Gasteiger partial charge in [0.05, 0.1) is 26.9 Å². The number of anilines is 2. The predicted molar refractivity (Wildman–Crippen MR) is 147 cm³/mol. The summed E-state index contributed by atoms with van der Waals surface area (Å²) in [5, 5.41) is 2.91. The first-order valence-electron chi connectivity index (χ1n) is 13.0. The molecule has 194 valence electrons. The van der Waals surface area contributed by atoms with Crippen molar-refractivity contribution in [1.82, 2.24) is 10.2 Å². The molecule has 3 aromatic carbocycles. The molecule has 0 bridgehead atoms. The highest BCUT2D eigenvalue weighted by atomic mass is 16.5. The summed E-state index contributed by atoms with van der Waals surface area (Å²) in [4.78, 5) is 18.8. The predicted octanol–water partition coefficient (Wildman–Crippen LogP) is 3.67. The molecule has 3 aromatic rings. The molecule has 0 atom stereocenters. The van der Waals surface area contributed by atoms with E-state index in [2.05, 4.69) is 80.7 Å². The molecular weight excluding hydrogens is 464 g/mol. The lowest BCUT2D eigenvalue weighted by Crippen LogP contribution is -2.47. The summed E-state index contributed by atoms with van der Waals surface area (Å²) >= 11 is 0. The fourth-order valence-electron chi connectivity index (χ4n) is 5.02. The second kappa shape index (κ2) is 12.1. The van der Waals surface area contributed by atoms with Gasteiger partial charge >= 0.3 is 0 Å². The Bertz CT molecular complexity index is 1180. The number of benzene rings is 3. The number of rotatable bonds is 9. The van der Waals surface area contributed by atoms with E-state index in [0.717, 1.165) is 58.2 Å². The van der Waals surface area contributed by atoms with Crippen molar-refractivity contribution in [2.75, 3.05) is 62.8 Å². The van der Waals surface area contributed by atoms with Crippen molar-refractivity contribution in [1.29, 1.82) is 0 Å². The van der Waals surface area contributed by atoms with Crippen LogP contribution in [0.4, 0.5) is 11.4 Å². The molecule has 2 heterocycles. The summed E-state index contributed by atoms with van der Waals surface area (Å²) in [6, 6.07) is 25.9. The zero-order chi connectivity index (χ0) is 25.5. The fraction of sp³-hybridized carbons (Fsp3) is 0.367. The molecule has 1 N–H and O–H groups in total. The van der Waals surface area contributed by atoms with Crippen LogP contribution in [0.1, 0.15) is 16.7 Å². The van der Waals surface area contributed by atoms with Gasteiger partial charge in [-0.25, -0.2) is 0 Å². The first kappa shape index (κ1) is 25.1.